The molecule has 1 aromatic carbocycles. The minimum absolute atomic E-state index is 0.0883. The second-order valence-electron chi connectivity index (χ2n) is 9.51. The Morgan fingerprint density at radius 3 is 2.60 bits per heavy atom. The van der Waals surface area contributed by atoms with Gasteiger partial charge in [0, 0.05) is 48.7 Å². The highest BCUT2D eigenvalue weighted by Gasteiger charge is 2.41. The molecule has 0 radical (unpaired) electrons. The van der Waals surface area contributed by atoms with Crippen LogP contribution >= 0.6 is 0 Å². The second kappa shape index (κ2) is 10.4. The van der Waals surface area contributed by atoms with Crippen molar-refractivity contribution in [3.63, 3.8) is 0 Å². The minimum Gasteiger partial charge on any atom is -0.390 e. The van der Waals surface area contributed by atoms with E-state index in [1.807, 2.05) is 25.1 Å². The highest BCUT2D eigenvalue weighted by Crippen LogP contribution is 2.37. The molecule has 0 saturated carbocycles. The van der Waals surface area contributed by atoms with Gasteiger partial charge < -0.3 is 9.84 Å². The van der Waals surface area contributed by atoms with Gasteiger partial charge in [0.25, 0.3) is 0 Å². The number of nitrogens with zero attached hydrogens (tertiary/aromatic N) is 5. The molecule has 5 rings (SSSR count). The second-order valence-corrected chi connectivity index (χ2v) is 9.51. The lowest BCUT2D eigenvalue weighted by Gasteiger charge is -2.39. The van der Waals surface area contributed by atoms with Crippen molar-refractivity contribution in [2.45, 2.75) is 76.6 Å². The zero-order chi connectivity index (χ0) is 24.4. The molecule has 3 atom stereocenters. The Kier molecular flexibility index (Phi) is 7.08. The van der Waals surface area contributed by atoms with Gasteiger partial charge in [-0.15, -0.1) is 5.10 Å². The molecule has 2 aromatic heterocycles. The van der Waals surface area contributed by atoms with E-state index < -0.39 is 6.10 Å². The van der Waals surface area contributed by atoms with Crippen molar-refractivity contribution in [2.75, 3.05) is 6.54 Å². The summed E-state index contributed by atoms with van der Waals surface area (Å²) in [5.41, 5.74) is 1.13. The van der Waals surface area contributed by atoms with E-state index in [4.69, 9.17) is 4.74 Å². The number of aliphatic hydroxyl groups is 1. The number of aromatic nitrogens is 4. The number of hydrogen-bond acceptors (Lipinski definition) is 6. The van der Waals surface area contributed by atoms with Crippen LogP contribution in [0.15, 0.2) is 53.6 Å². The SMILES string of the molecule is CCn1c(-c2cccnc2)nn(CC(O)CN2C3CCC2CC(OCc2ccccc2F)C3)c1=O. The van der Waals surface area contributed by atoms with Crippen molar-refractivity contribution in [1.29, 1.82) is 0 Å². The molecule has 2 fully saturated rings. The lowest BCUT2D eigenvalue weighted by molar-refractivity contribution is -0.0408. The number of pyridine rings is 1. The van der Waals surface area contributed by atoms with E-state index in [1.54, 1.807) is 29.1 Å². The average Bonchev–Trinajstić information content (AvgIpc) is 3.29. The van der Waals surface area contributed by atoms with Crippen molar-refractivity contribution in [3.8, 4) is 11.4 Å². The maximum Gasteiger partial charge on any atom is 0.346 e. The zero-order valence-electron chi connectivity index (χ0n) is 20.0. The van der Waals surface area contributed by atoms with Gasteiger partial charge in [-0.25, -0.2) is 13.9 Å². The zero-order valence-corrected chi connectivity index (χ0v) is 20.0. The molecule has 0 amide bonds. The number of ether oxygens (including phenoxy) is 1. The van der Waals surface area contributed by atoms with Crippen molar-refractivity contribution >= 4 is 0 Å². The molecule has 2 bridgehead atoms. The van der Waals surface area contributed by atoms with Gasteiger partial charge in [0.2, 0.25) is 0 Å². The molecule has 8 nitrogen and oxygen atoms in total. The molecule has 186 valence electrons. The van der Waals surface area contributed by atoms with E-state index in [1.165, 1.54) is 10.7 Å². The first-order valence-electron chi connectivity index (χ1n) is 12.4. The molecule has 0 spiro atoms. The van der Waals surface area contributed by atoms with Crippen LogP contribution in [0, 0.1) is 5.82 Å². The Hall–Kier alpha value is -2.88. The first kappa shape index (κ1) is 23.8. The van der Waals surface area contributed by atoms with Gasteiger partial charge in [-0.3, -0.25) is 14.5 Å². The van der Waals surface area contributed by atoms with E-state index in [2.05, 4.69) is 15.0 Å². The summed E-state index contributed by atoms with van der Waals surface area (Å²) in [4.78, 5) is 19.4. The average molecular weight is 482 g/mol. The monoisotopic (exact) mass is 481 g/mol. The van der Waals surface area contributed by atoms with Gasteiger partial charge in [0.05, 0.1) is 25.4 Å². The van der Waals surface area contributed by atoms with Gasteiger partial charge in [0.15, 0.2) is 5.82 Å². The number of halogens is 1. The van der Waals surface area contributed by atoms with Gasteiger partial charge in [-0.1, -0.05) is 18.2 Å². The van der Waals surface area contributed by atoms with Crippen LogP contribution in [0.3, 0.4) is 0 Å². The summed E-state index contributed by atoms with van der Waals surface area (Å²) in [6.45, 7) is 3.30. The number of hydrogen-bond donors (Lipinski definition) is 1. The van der Waals surface area contributed by atoms with Crippen LogP contribution in [-0.2, 0) is 24.4 Å². The largest absolute Gasteiger partial charge is 0.390 e. The molecule has 4 heterocycles. The van der Waals surface area contributed by atoms with Crippen LogP contribution < -0.4 is 5.69 Å². The third-order valence-electron chi connectivity index (χ3n) is 7.24. The molecular weight excluding hydrogens is 449 g/mol. The van der Waals surface area contributed by atoms with E-state index in [0.29, 0.717) is 36.6 Å². The van der Waals surface area contributed by atoms with Crippen LogP contribution in [0.25, 0.3) is 11.4 Å². The first-order chi connectivity index (χ1) is 17.0. The van der Waals surface area contributed by atoms with Gasteiger partial charge in [-0.05, 0) is 50.8 Å². The quantitative estimate of drug-likeness (QED) is 0.506. The van der Waals surface area contributed by atoms with Crippen LogP contribution in [0.4, 0.5) is 4.39 Å². The van der Waals surface area contributed by atoms with Crippen LogP contribution in [0.2, 0.25) is 0 Å². The molecule has 1 N–H and O–H groups in total. The summed E-state index contributed by atoms with van der Waals surface area (Å²) in [6.07, 6.45) is 6.60. The summed E-state index contributed by atoms with van der Waals surface area (Å²) in [5.74, 6) is 0.328. The Labute approximate surface area is 204 Å². The van der Waals surface area contributed by atoms with E-state index in [9.17, 15) is 14.3 Å². The highest BCUT2D eigenvalue weighted by atomic mass is 19.1. The topological polar surface area (TPSA) is 85.4 Å². The molecule has 0 aliphatic carbocycles. The Balaban J connectivity index is 1.20. The first-order valence-corrected chi connectivity index (χ1v) is 12.4. The highest BCUT2D eigenvalue weighted by molar-refractivity contribution is 5.52. The summed E-state index contributed by atoms with van der Waals surface area (Å²) in [5, 5.41) is 15.4. The molecule has 35 heavy (non-hydrogen) atoms. The summed E-state index contributed by atoms with van der Waals surface area (Å²) in [6, 6.07) is 11.1. The fraction of sp³-hybridized carbons (Fsp3) is 0.500. The molecular formula is C26H32FN5O3. The van der Waals surface area contributed by atoms with E-state index in [0.717, 1.165) is 31.2 Å². The fourth-order valence-corrected chi connectivity index (χ4v) is 5.54. The Morgan fingerprint density at radius 1 is 1.14 bits per heavy atom. The van der Waals surface area contributed by atoms with Crippen LogP contribution in [0.5, 0.6) is 0 Å². The van der Waals surface area contributed by atoms with Crippen LogP contribution in [-0.4, -0.2) is 60.2 Å². The standard InChI is InChI=1S/C26H32FN5O3/c1-2-30-25(18-7-5-11-28-14-18)29-32(26(30)34)16-22(33)15-31-20-9-10-21(31)13-23(12-20)35-17-19-6-3-4-8-24(19)27/h3-8,11,14,20-23,33H,2,9-10,12-13,15-17H2,1H3. The predicted molar refractivity (Wildman–Crippen MR) is 129 cm³/mol. The van der Waals surface area contributed by atoms with Crippen molar-refractivity contribution < 1.29 is 14.2 Å². The summed E-state index contributed by atoms with van der Waals surface area (Å²) in [7, 11) is 0. The molecule has 2 saturated heterocycles. The summed E-state index contributed by atoms with van der Waals surface area (Å²) >= 11 is 0. The Morgan fingerprint density at radius 2 is 1.91 bits per heavy atom. The number of piperidine rings is 1. The molecule has 2 aliphatic rings. The van der Waals surface area contributed by atoms with Crippen molar-refractivity contribution in [2.24, 2.45) is 0 Å². The lowest BCUT2D eigenvalue weighted by atomic mass is 9.99. The van der Waals surface area contributed by atoms with Gasteiger partial charge >= 0.3 is 5.69 Å². The third-order valence-corrected chi connectivity index (χ3v) is 7.24. The van der Waals surface area contributed by atoms with E-state index >= 15 is 0 Å². The number of aliphatic hydroxyl groups excluding tert-OH is 1. The smallest absolute Gasteiger partial charge is 0.346 e. The normalized spacial score (nSPS) is 23.0. The van der Waals surface area contributed by atoms with Crippen molar-refractivity contribution in [1.82, 2.24) is 24.2 Å². The number of fused-ring (bicyclic) bond motifs is 2. The summed E-state index contributed by atoms with van der Waals surface area (Å²) < 4.78 is 23.0. The number of rotatable bonds is 9. The van der Waals surface area contributed by atoms with Gasteiger partial charge in [-0.2, -0.15) is 0 Å². The Bertz CT molecular complexity index is 1180. The number of benzene rings is 1. The molecule has 2 aliphatic heterocycles. The third kappa shape index (κ3) is 5.07. The predicted octanol–water partition coefficient (Wildman–Crippen LogP) is 2.84. The maximum absolute atomic E-state index is 13.9. The van der Waals surface area contributed by atoms with Gasteiger partial charge in [0.1, 0.15) is 5.82 Å². The van der Waals surface area contributed by atoms with Crippen molar-refractivity contribution in [3.05, 3.63) is 70.7 Å². The van der Waals surface area contributed by atoms with E-state index in [-0.39, 0.29) is 30.8 Å². The van der Waals surface area contributed by atoms with Crippen LogP contribution in [0.1, 0.15) is 38.2 Å². The fourth-order valence-electron chi connectivity index (χ4n) is 5.54. The molecule has 9 heteroatoms. The molecule has 3 aromatic rings. The minimum atomic E-state index is -0.714. The maximum atomic E-state index is 13.9. The lowest BCUT2D eigenvalue weighted by Crippen LogP contribution is -2.49. The molecule has 3 unspecified atom stereocenters.